The molecule has 0 aliphatic rings. The summed E-state index contributed by atoms with van der Waals surface area (Å²) in [6.07, 6.45) is 1.32. The number of para-hydroxylation sites is 1. The van der Waals surface area contributed by atoms with Crippen molar-refractivity contribution in [1.82, 2.24) is 10.2 Å². The minimum Gasteiger partial charge on any atom is -0.457 e. The Kier molecular flexibility index (Phi) is 9.98. The van der Waals surface area contributed by atoms with Gasteiger partial charge in [0.15, 0.2) is 0 Å². The topological polar surface area (TPSA) is 96.0 Å². The summed E-state index contributed by atoms with van der Waals surface area (Å²) in [6, 6.07) is 31.9. The van der Waals surface area contributed by atoms with E-state index in [1.165, 1.54) is 11.9 Å². The maximum absolute atomic E-state index is 14.0. The van der Waals surface area contributed by atoms with E-state index >= 15 is 0 Å². The molecule has 8 nitrogen and oxygen atoms in total. The molecule has 0 aromatic heterocycles. The number of nitrogens with zero attached hydrogens (tertiary/aromatic N) is 2. The molecule has 218 valence electrons. The summed E-state index contributed by atoms with van der Waals surface area (Å²) in [6.45, 7) is 1.60. The van der Waals surface area contributed by atoms with E-state index in [2.05, 4.69) is 5.32 Å². The lowest BCUT2D eigenvalue weighted by atomic mass is 10.0. The third kappa shape index (κ3) is 8.20. The number of hydrogen-bond acceptors (Lipinski definition) is 5. The summed E-state index contributed by atoms with van der Waals surface area (Å²) in [5.41, 5.74) is 3.03. The summed E-state index contributed by atoms with van der Waals surface area (Å²) in [4.78, 5) is 28.7. The predicted molar refractivity (Wildman–Crippen MR) is 165 cm³/mol. The smallest absolute Gasteiger partial charge is 0.244 e. The first-order valence-corrected chi connectivity index (χ1v) is 15.4. The Morgan fingerprint density at radius 1 is 0.810 bits per heavy atom. The van der Waals surface area contributed by atoms with Crippen molar-refractivity contribution in [2.45, 2.75) is 25.9 Å². The van der Waals surface area contributed by atoms with Crippen molar-refractivity contribution in [2.24, 2.45) is 0 Å². The Bertz CT molecular complexity index is 1590. The molecular weight excluding hydrogens is 550 g/mol. The number of ether oxygens (including phenoxy) is 1. The Morgan fingerprint density at radius 2 is 1.40 bits per heavy atom. The van der Waals surface area contributed by atoms with Crippen LogP contribution in [0.2, 0.25) is 0 Å². The van der Waals surface area contributed by atoms with Crippen molar-refractivity contribution < 1.29 is 22.7 Å². The Morgan fingerprint density at radius 3 is 2.00 bits per heavy atom. The van der Waals surface area contributed by atoms with Gasteiger partial charge >= 0.3 is 0 Å². The first-order valence-electron chi connectivity index (χ1n) is 13.6. The molecule has 0 aliphatic carbocycles. The predicted octanol–water partition coefficient (Wildman–Crippen LogP) is 4.94. The van der Waals surface area contributed by atoms with Gasteiger partial charge in [0.05, 0.1) is 11.9 Å². The number of aryl methyl sites for hydroxylation is 1. The van der Waals surface area contributed by atoms with Crippen molar-refractivity contribution in [1.29, 1.82) is 0 Å². The van der Waals surface area contributed by atoms with E-state index in [0.717, 1.165) is 27.3 Å². The fraction of sp³-hybridized carbons (Fsp3) is 0.212. The van der Waals surface area contributed by atoms with Gasteiger partial charge in [-0.15, -0.1) is 0 Å². The van der Waals surface area contributed by atoms with E-state index in [9.17, 15) is 18.0 Å². The fourth-order valence-corrected chi connectivity index (χ4v) is 5.50. The lowest BCUT2D eigenvalue weighted by Gasteiger charge is -2.33. The normalized spacial score (nSPS) is 11.8. The molecule has 9 heteroatoms. The highest BCUT2D eigenvalue weighted by Gasteiger charge is 2.32. The zero-order valence-electron chi connectivity index (χ0n) is 23.9. The van der Waals surface area contributed by atoms with Crippen LogP contribution in [0.1, 0.15) is 16.7 Å². The number of carbonyl (C=O) groups excluding carboxylic acids is 2. The molecule has 4 rings (SSSR count). The van der Waals surface area contributed by atoms with Gasteiger partial charge in [-0.05, 0) is 54.4 Å². The van der Waals surface area contributed by atoms with Gasteiger partial charge in [-0.3, -0.25) is 13.9 Å². The molecule has 0 radical (unpaired) electrons. The quantitative estimate of drug-likeness (QED) is 0.254. The molecule has 0 fully saturated rings. The zero-order chi connectivity index (χ0) is 30.1. The van der Waals surface area contributed by atoms with E-state index in [1.54, 1.807) is 24.3 Å². The number of anilines is 1. The minimum absolute atomic E-state index is 0.132. The number of likely N-dealkylation sites (N-methyl/N-ethyl adjacent to an activating group) is 1. The molecule has 42 heavy (non-hydrogen) atoms. The molecule has 0 saturated carbocycles. The number of benzene rings is 4. The summed E-state index contributed by atoms with van der Waals surface area (Å²) >= 11 is 0. The summed E-state index contributed by atoms with van der Waals surface area (Å²) in [5.74, 6) is 0.323. The van der Waals surface area contributed by atoms with E-state index in [-0.39, 0.29) is 18.9 Å². The van der Waals surface area contributed by atoms with Gasteiger partial charge in [-0.25, -0.2) is 8.42 Å². The number of carbonyl (C=O) groups is 2. The molecule has 1 N–H and O–H groups in total. The van der Waals surface area contributed by atoms with Crippen LogP contribution in [0.15, 0.2) is 109 Å². The highest BCUT2D eigenvalue weighted by Crippen LogP contribution is 2.26. The largest absolute Gasteiger partial charge is 0.457 e. The maximum Gasteiger partial charge on any atom is 0.244 e. The Labute approximate surface area is 247 Å². The van der Waals surface area contributed by atoms with Gasteiger partial charge in [0.25, 0.3) is 0 Å². The van der Waals surface area contributed by atoms with E-state index in [0.29, 0.717) is 17.2 Å². The van der Waals surface area contributed by atoms with Gasteiger partial charge in [0.1, 0.15) is 24.1 Å². The van der Waals surface area contributed by atoms with Crippen LogP contribution in [0, 0.1) is 6.92 Å². The summed E-state index contributed by atoms with van der Waals surface area (Å²) < 4.78 is 32.8. The van der Waals surface area contributed by atoms with Crippen LogP contribution in [-0.2, 0) is 32.6 Å². The molecule has 0 heterocycles. The Hall–Kier alpha value is -4.63. The molecule has 0 aliphatic heterocycles. The van der Waals surface area contributed by atoms with Crippen LogP contribution in [0.5, 0.6) is 11.5 Å². The fourth-order valence-electron chi connectivity index (χ4n) is 4.65. The number of nitrogens with one attached hydrogen (secondary N) is 1. The monoisotopic (exact) mass is 585 g/mol. The molecule has 0 spiro atoms. The van der Waals surface area contributed by atoms with Crippen molar-refractivity contribution in [3.05, 3.63) is 126 Å². The number of sulfonamides is 1. The van der Waals surface area contributed by atoms with Crippen LogP contribution in [0.4, 0.5) is 5.69 Å². The van der Waals surface area contributed by atoms with Crippen LogP contribution < -0.4 is 14.4 Å². The molecule has 2 amide bonds. The van der Waals surface area contributed by atoms with Gasteiger partial charge in [-0.1, -0.05) is 78.4 Å². The second-order valence-corrected chi connectivity index (χ2v) is 11.9. The van der Waals surface area contributed by atoms with Crippen molar-refractivity contribution in [3.8, 4) is 11.5 Å². The second-order valence-electron chi connectivity index (χ2n) is 10.0. The molecular formula is C33H35N3O5S. The number of hydrogen-bond donors (Lipinski definition) is 1. The van der Waals surface area contributed by atoms with Crippen LogP contribution in [0.3, 0.4) is 0 Å². The zero-order valence-corrected chi connectivity index (χ0v) is 24.8. The van der Waals surface area contributed by atoms with Crippen molar-refractivity contribution in [2.75, 3.05) is 24.2 Å². The van der Waals surface area contributed by atoms with Crippen molar-refractivity contribution >= 4 is 27.5 Å². The summed E-state index contributed by atoms with van der Waals surface area (Å²) in [7, 11) is -2.34. The van der Waals surface area contributed by atoms with E-state index in [1.807, 2.05) is 91.9 Å². The van der Waals surface area contributed by atoms with E-state index < -0.39 is 28.5 Å². The first-order chi connectivity index (χ1) is 20.1. The SMILES string of the molecule is CNC(=O)[C@@H](Cc1ccccc1)N(Cc1cccc(C)c1)C(=O)CN(c1ccc(Oc2ccccc2)cc1)S(C)(=O)=O. The van der Waals surface area contributed by atoms with Gasteiger partial charge in [0.2, 0.25) is 21.8 Å². The highest BCUT2D eigenvalue weighted by molar-refractivity contribution is 7.92. The number of rotatable bonds is 12. The third-order valence-electron chi connectivity index (χ3n) is 6.74. The van der Waals surface area contributed by atoms with Gasteiger partial charge < -0.3 is 15.0 Å². The van der Waals surface area contributed by atoms with Gasteiger partial charge in [0, 0.05) is 20.0 Å². The molecule has 4 aromatic rings. The average Bonchev–Trinajstić information content (AvgIpc) is 2.98. The van der Waals surface area contributed by atoms with Crippen LogP contribution >= 0.6 is 0 Å². The lowest BCUT2D eigenvalue weighted by molar-refractivity contribution is -0.139. The second kappa shape index (κ2) is 13.8. The molecule has 0 saturated heterocycles. The third-order valence-corrected chi connectivity index (χ3v) is 7.88. The summed E-state index contributed by atoms with van der Waals surface area (Å²) in [5, 5.41) is 2.68. The molecule has 4 aromatic carbocycles. The molecule has 1 atom stereocenters. The van der Waals surface area contributed by atoms with E-state index in [4.69, 9.17) is 4.74 Å². The standard InChI is InChI=1S/C33H35N3O5S/c1-25-11-10-14-27(21-25)23-35(31(33(38)34-2)22-26-12-6-4-7-13-26)32(37)24-36(42(3,39)40)28-17-19-30(20-18-28)41-29-15-8-5-9-16-29/h4-21,31H,22-24H2,1-3H3,(H,34,38)/t31-/m1/s1. The van der Waals surface area contributed by atoms with Crippen LogP contribution in [-0.4, -0.2) is 51.0 Å². The molecule has 0 unspecified atom stereocenters. The average molecular weight is 586 g/mol. The highest BCUT2D eigenvalue weighted by atomic mass is 32.2. The minimum atomic E-state index is -3.86. The maximum atomic E-state index is 14.0. The van der Waals surface area contributed by atoms with Crippen LogP contribution in [0.25, 0.3) is 0 Å². The number of amides is 2. The first kappa shape index (κ1) is 30.3. The molecule has 0 bridgehead atoms. The Balaban J connectivity index is 1.65. The van der Waals surface area contributed by atoms with Crippen molar-refractivity contribution in [3.63, 3.8) is 0 Å². The van der Waals surface area contributed by atoms with Gasteiger partial charge in [-0.2, -0.15) is 0 Å². The lowest BCUT2D eigenvalue weighted by Crippen LogP contribution is -2.52.